The van der Waals surface area contributed by atoms with Crippen LogP contribution in [-0.2, 0) is 13.6 Å². The lowest BCUT2D eigenvalue weighted by Gasteiger charge is -2.09. The molecule has 1 heterocycles. The van der Waals surface area contributed by atoms with Crippen molar-refractivity contribution in [3.05, 3.63) is 65.6 Å². The molecule has 0 aliphatic heterocycles. The van der Waals surface area contributed by atoms with Gasteiger partial charge in [0.1, 0.15) is 5.82 Å². The van der Waals surface area contributed by atoms with Crippen LogP contribution in [0.4, 0.5) is 10.1 Å². The van der Waals surface area contributed by atoms with Crippen LogP contribution in [-0.4, -0.2) is 4.57 Å². The third-order valence-corrected chi connectivity index (χ3v) is 3.64. The molecule has 2 aromatic carbocycles. The van der Waals surface area contributed by atoms with E-state index in [1.54, 1.807) is 12.1 Å². The minimum absolute atomic E-state index is 0.196. The van der Waals surface area contributed by atoms with E-state index >= 15 is 0 Å². The quantitative estimate of drug-likeness (QED) is 0.752. The van der Waals surface area contributed by atoms with Gasteiger partial charge in [0.05, 0.1) is 0 Å². The van der Waals surface area contributed by atoms with Gasteiger partial charge in [0.25, 0.3) is 0 Å². The van der Waals surface area contributed by atoms with Crippen molar-refractivity contribution in [1.82, 2.24) is 4.57 Å². The van der Waals surface area contributed by atoms with E-state index in [1.807, 2.05) is 13.0 Å². The van der Waals surface area contributed by atoms with Gasteiger partial charge < -0.3 is 9.88 Å². The SMILES string of the molecule is Cc1cc(F)ccc1NCc1cn(C)c2ccccc12. The molecule has 0 fully saturated rings. The summed E-state index contributed by atoms with van der Waals surface area (Å²) in [6.07, 6.45) is 2.14. The molecule has 2 nitrogen and oxygen atoms in total. The Balaban J connectivity index is 1.87. The van der Waals surface area contributed by atoms with E-state index in [0.717, 1.165) is 17.8 Å². The summed E-state index contributed by atoms with van der Waals surface area (Å²) in [4.78, 5) is 0. The molecule has 0 spiro atoms. The second-order valence-corrected chi connectivity index (χ2v) is 5.10. The lowest BCUT2D eigenvalue weighted by molar-refractivity contribution is 0.627. The van der Waals surface area contributed by atoms with E-state index in [2.05, 4.69) is 41.3 Å². The minimum Gasteiger partial charge on any atom is -0.381 e. The van der Waals surface area contributed by atoms with Gasteiger partial charge in [0, 0.05) is 36.4 Å². The van der Waals surface area contributed by atoms with Crippen molar-refractivity contribution in [1.29, 1.82) is 0 Å². The molecular formula is C17H17FN2. The van der Waals surface area contributed by atoms with Crippen molar-refractivity contribution in [2.24, 2.45) is 7.05 Å². The number of fused-ring (bicyclic) bond motifs is 1. The summed E-state index contributed by atoms with van der Waals surface area (Å²) in [5, 5.41) is 4.63. The van der Waals surface area contributed by atoms with Gasteiger partial charge in [-0.15, -0.1) is 0 Å². The van der Waals surface area contributed by atoms with Crippen LogP contribution in [0.15, 0.2) is 48.7 Å². The monoisotopic (exact) mass is 268 g/mol. The highest BCUT2D eigenvalue weighted by Crippen LogP contribution is 2.22. The van der Waals surface area contributed by atoms with Crippen LogP contribution in [0.3, 0.4) is 0 Å². The molecule has 0 saturated heterocycles. The highest BCUT2D eigenvalue weighted by Gasteiger charge is 2.06. The van der Waals surface area contributed by atoms with Crippen molar-refractivity contribution < 1.29 is 4.39 Å². The number of aromatic nitrogens is 1. The topological polar surface area (TPSA) is 17.0 Å². The van der Waals surface area contributed by atoms with Crippen molar-refractivity contribution in [2.75, 3.05) is 5.32 Å². The van der Waals surface area contributed by atoms with Crippen molar-refractivity contribution in [3.8, 4) is 0 Å². The van der Waals surface area contributed by atoms with Crippen LogP contribution in [0.1, 0.15) is 11.1 Å². The molecule has 0 radical (unpaired) electrons. The van der Waals surface area contributed by atoms with Gasteiger partial charge in [0.15, 0.2) is 0 Å². The van der Waals surface area contributed by atoms with E-state index in [0.29, 0.717) is 0 Å². The maximum Gasteiger partial charge on any atom is 0.123 e. The lowest BCUT2D eigenvalue weighted by atomic mass is 10.1. The Kier molecular flexibility index (Phi) is 3.18. The number of nitrogens with one attached hydrogen (secondary N) is 1. The Bertz CT molecular complexity index is 759. The molecule has 0 bridgehead atoms. The van der Waals surface area contributed by atoms with Crippen molar-refractivity contribution in [2.45, 2.75) is 13.5 Å². The highest BCUT2D eigenvalue weighted by molar-refractivity contribution is 5.84. The first-order valence-electron chi connectivity index (χ1n) is 6.68. The predicted octanol–water partition coefficient (Wildman–Crippen LogP) is 4.24. The van der Waals surface area contributed by atoms with E-state index in [-0.39, 0.29) is 5.82 Å². The zero-order valence-electron chi connectivity index (χ0n) is 11.7. The zero-order chi connectivity index (χ0) is 14.1. The number of hydrogen-bond acceptors (Lipinski definition) is 1. The highest BCUT2D eigenvalue weighted by atomic mass is 19.1. The van der Waals surface area contributed by atoms with Crippen LogP contribution in [0.2, 0.25) is 0 Å². The molecule has 0 amide bonds. The van der Waals surface area contributed by atoms with E-state index in [9.17, 15) is 4.39 Å². The average Bonchev–Trinajstić information content (AvgIpc) is 2.75. The maximum atomic E-state index is 13.1. The Morgan fingerprint density at radius 3 is 2.75 bits per heavy atom. The first-order valence-corrected chi connectivity index (χ1v) is 6.68. The summed E-state index contributed by atoms with van der Waals surface area (Å²) < 4.78 is 15.2. The molecule has 3 heteroatoms. The number of rotatable bonds is 3. The molecule has 20 heavy (non-hydrogen) atoms. The smallest absolute Gasteiger partial charge is 0.123 e. The number of nitrogens with zero attached hydrogens (tertiary/aromatic N) is 1. The molecule has 0 unspecified atom stereocenters. The molecule has 1 aromatic heterocycles. The van der Waals surface area contributed by atoms with Gasteiger partial charge in [-0.3, -0.25) is 0 Å². The van der Waals surface area contributed by atoms with Gasteiger partial charge in [-0.2, -0.15) is 0 Å². The molecule has 0 saturated carbocycles. The molecule has 3 aromatic rings. The summed E-state index contributed by atoms with van der Waals surface area (Å²) in [6, 6.07) is 13.2. The Morgan fingerprint density at radius 2 is 1.95 bits per heavy atom. The number of aryl methyl sites for hydroxylation is 2. The van der Waals surface area contributed by atoms with Crippen LogP contribution < -0.4 is 5.32 Å². The van der Waals surface area contributed by atoms with Crippen LogP contribution in [0.25, 0.3) is 10.9 Å². The van der Waals surface area contributed by atoms with Crippen molar-refractivity contribution >= 4 is 16.6 Å². The predicted molar refractivity (Wildman–Crippen MR) is 81.4 cm³/mol. The number of halogens is 1. The third-order valence-electron chi connectivity index (χ3n) is 3.64. The molecule has 0 aliphatic carbocycles. The Hall–Kier alpha value is -2.29. The van der Waals surface area contributed by atoms with E-state index in [4.69, 9.17) is 0 Å². The standard InChI is InChI=1S/C17H17FN2/c1-12-9-14(18)7-8-16(12)19-10-13-11-20(2)17-6-4-3-5-15(13)17/h3-9,11,19H,10H2,1-2H3. The second kappa shape index (κ2) is 5.00. The van der Waals surface area contributed by atoms with Gasteiger partial charge in [0.2, 0.25) is 0 Å². The van der Waals surface area contributed by atoms with Gasteiger partial charge in [-0.05, 0) is 42.3 Å². The first-order chi connectivity index (χ1) is 9.65. The summed E-state index contributed by atoms with van der Waals surface area (Å²) >= 11 is 0. The van der Waals surface area contributed by atoms with Gasteiger partial charge in [-0.25, -0.2) is 4.39 Å². The molecule has 0 atom stereocenters. The van der Waals surface area contributed by atoms with Gasteiger partial charge >= 0.3 is 0 Å². The lowest BCUT2D eigenvalue weighted by Crippen LogP contribution is -2.00. The largest absolute Gasteiger partial charge is 0.381 e. The molecule has 0 aliphatic rings. The second-order valence-electron chi connectivity index (χ2n) is 5.10. The number of benzene rings is 2. The summed E-state index contributed by atoms with van der Waals surface area (Å²) in [5.74, 6) is -0.196. The van der Waals surface area contributed by atoms with E-state index in [1.165, 1.54) is 22.5 Å². The summed E-state index contributed by atoms with van der Waals surface area (Å²) in [5.41, 5.74) is 4.36. The van der Waals surface area contributed by atoms with Crippen LogP contribution in [0, 0.1) is 12.7 Å². The number of anilines is 1. The third kappa shape index (κ3) is 2.27. The maximum absolute atomic E-state index is 13.1. The zero-order valence-corrected chi connectivity index (χ0v) is 11.7. The molecule has 102 valence electrons. The fourth-order valence-electron chi connectivity index (χ4n) is 2.58. The average molecular weight is 268 g/mol. The van der Waals surface area contributed by atoms with Crippen LogP contribution >= 0.6 is 0 Å². The fraction of sp³-hybridized carbons (Fsp3) is 0.176. The molecule has 1 N–H and O–H groups in total. The van der Waals surface area contributed by atoms with Gasteiger partial charge in [-0.1, -0.05) is 18.2 Å². The van der Waals surface area contributed by atoms with E-state index < -0.39 is 0 Å². The molecular weight excluding hydrogens is 251 g/mol. The normalized spacial score (nSPS) is 10.9. The Labute approximate surface area is 117 Å². The number of hydrogen-bond donors (Lipinski definition) is 1. The first kappa shape index (κ1) is 12.7. The number of para-hydroxylation sites is 1. The minimum atomic E-state index is -0.196. The summed E-state index contributed by atoms with van der Waals surface area (Å²) in [7, 11) is 2.05. The summed E-state index contributed by atoms with van der Waals surface area (Å²) in [6.45, 7) is 2.64. The van der Waals surface area contributed by atoms with Crippen LogP contribution in [0.5, 0.6) is 0 Å². The molecule has 3 rings (SSSR count). The Morgan fingerprint density at radius 1 is 1.15 bits per heavy atom. The van der Waals surface area contributed by atoms with Crippen molar-refractivity contribution in [3.63, 3.8) is 0 Å². The fourth-order valence-corrected chi connectivity index (χ4v) is 2.58.